The van der Waals surface area contributed by atoms with Gasteiger partial charge in [0.2, 0.25) is 0 Å². The molecule has 0 radical (unpaired) electrons. The van der Waals surface area contributed by atoms with E-state index in [-0.39, 0.29) is 12.0 Å². The fourth-order valence-electron chi connectivity index (χ4n) is 2.88. The summed E-state index contributed by atoms with van der Waals surface area (Å²) in [6.45, 7) is 5.92. The van der Waals surface area contributed by atoms with E-state index in [9.17, 15) is 4.79 Å². The molecule has 1 aromatic rings. The van der Waals surface area contributed by atoms with Gasteiger partial charge >= 0.3 is 0 Å². The number of carbonyl (C=O) groups excluding carboxylic acids is 1. The fourth-order valence-corrected chi connectivity index (χ4v) is 2.88. The van der Waals surface area contributed by atoms with Gasteiger partial charge in [-0.3, -0.25) is 4.79 Å². The van der Waals surface area contributed by atoms with Crippen molar-refractivity contribution < 1.29 is 9.53 Å². The molecule has 0 saturated carbocycles. The summed E-state index contributed by atoms with van der Waals surface area (Å²) in [5.41, 5.74) is 1.05. The molecule has 3 rings (SSSR count). The molecule has 0 aliphatic carbocycles. The van der Waals surface area contributed by atoms with E-state index in [1.54, 1.807) is 6.33 Å². The second kappa shape index (κ2) is 6.39. The van der Waals surface area contributed by atoms with Gasteiger partial charge in [0.15, 0.2) is 0 Å². The number of nitrogens with zero attached hydrogens (tertiary/aromatic N) is 4. The third-order valence-corrected chi connectivity index (χ3v) is 4.19. The Morgan fingerprint density at radius 3 is 2.81 bits per heavy atom. The molecule has 0 spiro atoms. The number of aromatic nitrogens is 2. The Morgan fingerprint density at radius 2 is 2.14 bits per heavy atom. The monoisotopic (exact) mass is 290 g/mol. The van der Waals surface area contributed by atoms with Crippen LogP contribution in [0.25, 0.3) is 0 Å². The molecular formula is C15H22N4O2. The van der Waals surface area contributed by atoms with Crippen LogP contribution in [0.4, 0.5) is 5.82 Å². The number of amides is 1. The van der Waals surface area contributed by atoms with E-state index in [0.717, 1.165) is 63.6 Å². The standard InChI is InChI=1S/C15H22N4O2/c1-2-12-10-14(17-11-16-12)18-5-7-19(8-6-18)15(20)13-4-3-9-21-13/h10-11,13H,2-9H2,1H3/t13-/m0/s1. The van der Waals surface area contributed by atoms with E-state index >= 15 is 0 Å². The van der Waals surface area contributed by atoms with Crippen LogP contribution in [0.5, 0.6) is 0 Å². The van der Waals surface area contributed by atoms with Crippen molar-refractivity contribution in [3.8, 4) is 0 Å². The molecule has 2 aliphatic rings. The van der Waals surface area contributed by atoms with Crippen LogP contribution in [-0.2, 0) is 16.0 Å². The normalized spacial score (nSPS) is 22.6. The minimum Gasteiger partial charge on any atom is -0.368 e. The Morgan fingerprint density at radius 1 is 1.33 bits per heavy atom. The lowest BCUT2D eigenvalue weighted by atomic mass is 10.2. The first-order chi connectivity index (χ1) is 10.3. The third kappa shape index (κ3) is 3.15. The van der Waals surface area contributed by atoms with Crippen LogP contribution in [0, 0.1) is 0 Å². The first kappa shape index (κ1) is 14.3. The largest absolute Gasteiger partial charge is 0.368 e. The molecule has 2 saturated heterocycles. The van der Waals surface area contributed by atoms with Crippen LogP contribution in [0.1, 0.15) is 25.5 Å². The number of piperazine rings is 1. The van der Waals surface area contributed by atoms with Gasteiger partial charge in [-0.15, -0.1) is 0 Å². The van der Waals surface area contributed by atoms with Gasteiger partial charge < -0.3 is 14.5 Å². The smallest absolute Gasteiger partial charge is 0.251 e. The predicted molar refractivity (Wildman–Crippen MR) is 79.2 cm³/mol. The van der Waals surface area contributed by atoms with Crippen molar-refractivity contribution in [2.24, 2.45) is 0 Å². The second-order valence-electron chi connectivity index (χ2n) is 5.54. The first-order valence-corrected chi connectivity index (χ1v) is 7.74. The molecule has 1 amide bonds. The van der Waals surface area contributed by atoms with E-state index in [2.05, 4.69) is 21.8 Å². The van der Waals surface area contributed by atoms with Crippen LogP contribution in [0.3, 0.4) is 0 Å². The predicted octanol–water partition coefficient (Wildman–Crippen LogP) is 0.867. The van der Waals surface area contributed by atoms with E-state index in [1.165, 1.54) is 0 Å². The number of rotatable bonds is 3. The maximum absolute atomic E-state index is 12.3. The van der Waals surface area contributed by atoms with Crippen molar-refractivity contribution in [3.63, 3.8) is 0 Å². The van der Waals surface area contributed by atoms with E-state index in [0.29, 0.717) is 0 Å². The van der Waals surface area contributed by atoms with E-state index < -0.39 is 0 Å². The minimum atomic E-state index is -0.206. The first-order valence-electron chi connectivity index (χ1n) is 7.74. The van der Waals surface area contributed by atoms with Crippen LogP contribution >= 0.6 is 0 Å². The molecule has 1 atom stereocenters. The van der Waals surface area contributed by atoms with Crippen molar-refractivity contribution in [2.45, 2.75) is 32.3 Å². The van der Waals surface area contributed by atoms with Crippen LogP contribution in [0.2, 0.25) is 0 Å². The molecule has 6 heteroatoms. The number of hydrogen-bond acceptors (Lipinski definition) is 5. The summed E-state index contributed by atoms with van der Waals surface area (Å²) in [6, 6.07) is 2.04. The summed E-state index contributed by atoms with van der Waals surface area (Å²) in [5.74, 6) is 1.12. The summed E-state index contributed by atoms with van der Waals surface area (Å²) in [6.07, 6.45) is 4.19. The van der Waals surface area contributed by atoms with Gasteiger partial charge in [-0.05, 0) is 19.3 Å². The van der Waals surface area contributed by atoms with Crippen LogP contribution in [0.15, 0.2) is 12.4 Å². The Kier molecular flexibility index (Phi) is 4.34. The zero-order valence-electron chi connectivity index (χ0n) is 12.5. The van der Waals surface area contributed by atoms with E-state index in [1.807, 2.05) is 11.0 Å². The summed E-state index contributed by atoms with van der Waals surface area (Å²) in [5, 5.41) is 0. The van der Waals surface area contributed by atoms with Gasteiger partial charge in [0.25, 0.3) is 5.91 Å². The summed E-state index contributed by atoms with van der Waals surface area (Å²) in [7, 11) is 0. The van der Waals surface area contributed by atoms with Gasteiger partial charge in [0, 0.05) is 44.5 Å². The van der Waals surface area contributed by atoms with Crippen molar-refractivity contribution in [3.05, 3.63) is 18.1 Å². The third-order valence-electron chi connectivity index (χ3n) is 4.19. The van der Waals surface area contributed by atoms with Crippen molar-refractivity contribution in [1.82, 2.24) is 14.9 Å². The van der Waals surface area contributed by atoms with E-state index in [4.69, 9.17) is 4.74 Å². The topological polar surface area (TPSA) is 58.6 Å². The lowest BCUT2D eigenvalue weighted by molar-refractivity contribution is -0.141. The molecule has 114 valence electrons. The number of anilines is 1. The van der Waals surface area contributed by atoms with Crippen LogP contribution in [-0.4, -0.2) is 59.7 Å². The molecule has 2 aliphatic heterocycles. The highest BCUT2D eigenvalue weighted by molar-refractivity contribution is 5.81. The molecule has 0 unspecified atom stereocenters. The minimum absolute atomic E-state index is 0.157. The number of aryl methyl sites for hydroxylation is 1. The lowest BCUT2D eigenvalue weighted by Gasteiger charge is -2.36. The van der Waals surface area contributed by atoms with Gasteiger partial charge in [-0.25, -0.2) is 9.97 Å². The number of carbonyl (C=O) groups is 1. The lowest BCUT2D eigenvalue weighted by Crippen LogP contribution is -2.51. The van der Waals surface area contributed by atoms with Crippen molar-refractivity contribution in [2.75, 3.05) is 37.7 Å². The molecular weight excluding hydrogens is 268 g/mol. The quantitative estimate of drug-likeness (QED) is 0.826. The Hall–Kier alpha value is -1.69. The second-order valence-corrected chi connectivity index (χ2v) is 5.54. The summed E-state index contributed by atoms with van der Waals surface area (Å²) in [4.78, 5) is 25.0. The molecule has 3 heterocycles. The van der Waals surface area contributed by atoms with Crippen molar-refractivity contribution >= 4 is 11.7 Å². The Labute approximate surface area is 125 Å². The molecule has 0 N–H and O–H groups in total. The average molecular weight is 290 g/mol. The molecule has 21 heavy (non-hydrogen) atoms. The fraction of sp³-hybridized carbons (Fsp3) is 0.667. The summed E-state index contributed by atoms with van der Waals surface area (Å²) < 4.78 is 5.48. The van der Waals surface area contributed by atoms with Gasteiger partial charge in [0.05, 0.1) is 0 Å². The van der Waals surface area contributed by atoms with Crippen LogP contribution < -0.4 is 4.90 Å². The molecule has 1 aromatic heterocycles. The van der Waals surface area contributed by atoms with Crippen molar-refractivity contribution in [1.29, 1.82) is 0 Å². The summed E-state index contributed by atoms with van der Waals surface area (Å²) >= 11 is 0. The Bertz CT molecular complexity index is 494. The Balaban J connectivity index is 1.58. The van der Waals surface area contributed by atoms with Gasteiger partial charge in [-0.2, -0.15) is 0 Å². The highest BCUT2D eigenvalue weighted by atomic mass is 16.5. The molecule has 6 nitrogen and oxygen atoms in total. The SMILES string of the molecule is CCc1cc(N2CCN(C(=O)[C@@H]3CCCO3)CC2)ncn1. The maximum atomic E-state index is 12.3. The molecule has 2 fully saturated rings. The molecule has 0 aromatic carbocycles. The van der Waals surface area contributed by atoms with Gasteiger partial charge in [-0.1, -0.05) is 6.92 Å². The number of ether oxygens (including phenoxy) is 1. The maximum Gasteiger partial charge on any atom is 0.251 e. The molecule has 0 bridgehead atoms. The average Bonchev–Trinajstić information content (AvgIpc) is 3.09. The zero-order chi connectivity index (χ0) is 14.7. The number of hydrogen-bond donors (Lipinski definition) is 0. The zero-order valence-corrected chi connectivity index (χ0v) is 12.5. The highest BCUT2D eigenvalue weighted by Gasteiger charge is 2.30. The van der Waals surface area contributed by atoms with Gasteiger partial charge in [0.1, 0.15) is 18.2 Å². The highest BCUT2D eigenvalue weighted by Crippen LogP contribution is 2.18.